The number of ether oxygens (including phenoxy) is 1. The van der Waals surface area contributed by atoms with Crippen LogP contribution in [0, 0.1) is 5.41 Å². The molecule has 2 atom stereocenters. The van der Waals surface area contributed by atoms with Crippen LogP contribution < -0.4 is 0 Å². The number of hydrogen-bond acceptors (Lipinski definition) is 2. The molecule has 0 aromatic heterocycles. The number of fused-ring (bicyclic) bond motifs is 1. The van der Waals surface area contributed by atoms with Gasteiger partial charge in [-0.25, -0.2) is 0 Å². The first-order valence-corrected chi connectivity index (χ1v) is 4.34. The molecule has 2 rings (SSSR count). The van der Waals surface area contributed by atoms with Crippen LogP contribution in [-0.4, -0.2) is 16.5 Å². The van der Waals surface area contributed by atoms with E-state index in [1.54, 1.807) is 0 Å². The molecule has 2 heteroatoms. The van der Waals surface area contributed by atoms with E-state index in [1.165, 1.54) is 6.42 Å². The largest absolute Gasteiger partial charge is 0.363 e. The van der Waals surface area contributed by atoms with Crippen molar-refractivity contribution in [1.29, 1.82) is 0 Å². The smallest absolute Gasteiger partial charge is 0.201 e. The van der Waals surface area contributed by atoms with Gasteiger partial charge < -0.3 is 9.84 Å². The summed E-state index contributed by atoms with van der Waals surface area (Å²) >= 11 is 0. The van der Waals surface area contributed by atoms with Gasteiger partial charge in [-0.1, -0.05) is 13.8 Å². The molecule has 0 amide bonds. The van der Waals surface area contributed by atoms with E-state index in [4.69, 9.17) is 4.74 Å². The van der Waals surface area contributed by atoms with Gasteiger partial charge in [-0.15, -0.1) is 0 Å². The van der Waals surface area contributed by atoms with Crippen LogP contribution in [0.5, 0.6) is 0 Å². The van der Waals surface area contributed by atoms with Crippen molar-refractivity contribution >= 4 is 0 Å². The number of hydrogen-bond donors (Lipinski definition) is 1. The first-order chi connectivity index (χ1) is 4.91. The summed E-state index contributed by atoms with van der Waals surface area (Å²) < 4.78 is 5.42. The molecule has 2 nitrogen and oxygen atoms in total. The Morgan fingerprint density at radius 2 is 1.82 bits per heavy atom. The molecule has 1 N–H and O–H groups in total. The third kappa shape index (κ3) is 0.695. The third-order valence-corrected chi connectivity index (χ3v) is 3.42. The van der Waals surface area contributed by atoms with Crippen LogP contribution in [0.2, 0.25) is 0 Å². The topological polar surface area (TPSA) is 32.8 Å². The Hall–Kier alpha value is -0.0800. The molecule has 0 aromatic rings. The second-order valence-electron chi connectivity index (χ2n) is 4.71. The van der Waals surface area contributed by atoms with Crippen LogP contribution in [0.4, 0.5) is 0 Å². The number of aliphatic hydroxyl groups is 1. The van der Waals surface area contributed by atoms with E-state index in [2.05, 4.69) is 13.8 Å². The Balaban J connectivity index is 2.29. The van der Waals surface area contributed by atoms with Crippen molar-refractivity contribution in [2.75, 3.05) is 0 Å². The fraction of sp³-hybridized carbons (Fsp3) is 1.00. The van der Waals surface area contributed by atoms with Crippen LogP contribution in [-0.2, 0) is 4.74 Å². The quantitative estimate of drug-likeness (QED) is 0.541. The van der Waals surface area contributed by atoms with Gasteiger partial charge in [0.2, 0.25) is 5.79 Å². The average molecular weight is 156 g/mol. The highest BCUT2D eigenvalue weighted by atomic mass is 16.8. The van der Waals surface area contributed by atoms with Gasteiger partial charge in [0.05, 0.1) is 0 Å². The van der Waals surface area contributed by atoms with Crippen LogP contribution >= 0.6 is 0 Å². The summed E-state index contributed by atoms with van der Waals surface area (Å²) in [6.45, 7) is 6.17. The van der Waals surface area contributed by atoms with Crippen LogP contribution in [0.25, 0.3) is 0 Å². The second kappa shape index (κ2) is 1.64. The highest BCUT2D eigenvalue weighted by molar-refractivity contribution is 5.15. The molecule has 64 valence electrons. The van der Waals surface area contributed by atoms with Crippen molar-refractivity contribution in [3.8, 4) is 0 Å². The molecule has 2 aliphatic rings. The molecule has 0 bridgehead atoms. The summed E-state index contributed by atoms with van der Waals surface area (Å²) in [5, 5.41) is 10.0. The van der Waals surface area contributed by atoms with Gasteiger partial charge in [-0.2, -0.15) is 0 Å². The molecule has 1 saturated carbocycles. The second-order valence-corrected chi connectivity index (χ2v) is 4.71. The molecule has 0 aromatic carbocycles. The molecule has 1 aliphatic carbocycles. The van der Waals surface area contributed by atoms with Crippen LogP contribution in [0.15, 0.2) is 0 Å². The predicted octanol–water partition coefficient (Wildman–Crippen LogP) is 1.67. The summed E-state index contributed by atoms with van der Waals surface area (Å²) in [6, 6.07) is 0. The zero-order valence-corrected chi connectivity index (χ0v) is 7.48. The molecule has 1 heterocycles. The molecule has 1 saturated heterocycles. The van der Waals surface area contributed by atoms with E-state index in [0.29, 0.717) is 0 Å². The maximum Gasteiger partial charge on any atom is 0.201 e. The van der Waals surface area contributed by atoms with E-state index < -0.39 is 5.79 Å². The lowest BCUT2D eigenvalue weighted by Crippen LogP contribution is -2.42. The first-order valence-electron chi connectivity index (χ1n) is 4.34. The molecule has 11 heavy (non-hydrogen) atoms. The van der Waals surface area contributed by atoms with Crippen molar-refractivity contribution < 1.29 is 9.84 Å². The Kier molecular flexibility index (Phi) is 1.13. The summed E-state index contributed by atoms with van der Waals surface area (Å²) in [5.41, 5.74) is -0.283. The molecule has 0 spiro atoms. The highest BCUT2D eigenvalue weighted by Crippen LogP contribution is 2.63. The maximum atomic E-state index is 10.0. The third-order valence-electron chi connectivity index (χ3n) is 3.42. The van der Waals surface area contributed by atoms with E-state index in [-0.39, 0.29) is 11.0 Å². The van der Waals surface area contributed by atoms with Crippen molar-refractivity contribution in [3.63, 3.8) is 0 Å². The van der Waals surface area contributed by atoms with Crippen molar-refractivity contribution in [2.45, 2.75) is 51.4 Å². The van der Waals surface area contributed by atoms with E-state index in [1.807, 2.05) is 6.92 Å². The zero-order valence-electron chi connectivity index (χ0n) is 7.48. The SMILES string of the molecule is CC1(C)CCCC2(C)OC12O. The zero-order chi connectivity index (χ0) is 8.33. The summed E-state index contributed by atoms with van der Waals surface area (Å²) in [7, 11) is 0. The number of epoxide rings is 1. The van der Waals surface area contributed by atoms with Gasteiger partial charge in [0, 0.05) is 5.41 Å². The molecular formula is C9H16O2. The summed E-state index contributed by atoms with van der Waals surface area (Å²) in [4.78, 5) is 0. The normalized spacial score (nSPS) is 53.5. The average Bonchev–Trinajstić information content (AvgIpc) is 2.36. The van der Waals surface area contributed by atoms with Crippen molar-refractivity contribution in [2.24, 2.45) is 5.41 Å². The van der Waals surface area contributed by atoms with Gasteiger partial charge in [0.1, 0.15) is 5.60 Å². The lowest BCUT2D eigenvalue weighted by Gasteiger charge is -2.34. The van der Waals surface area contributed by atoms with Gasteiger partial charge in [0.15, 0.2) is 0 Å². The van der Waals surface area contributed by atoms with E-state index in [0.717, 1.165) is 12.8 Å². The Morgan fingerprint density at radius 3 is 2.27 bits per heavy atom. The van der Waals surface area contributed by atoms with Gasteiger partial charge in [-0.3, -0.25) is 0 Å². The molecular weight excluding hydrogens is 140 g/mol. The van der Waals surface area contributed by atoms with Gasteiger partial charge >= 0.3 is 0 Å². The van der Waals surface area contributed by atoms with Crippen LogP contribution in [0.1, 0.15) is 40.0 Å². The van der Waals surface area contributed by atoms with E-state index in [9.17, 15) is 5.11 Å². The van der Waals surface area contributed by atoms with Crippen LogP contribution in [0.3, 0.4) is 0 Å². The van der Waals surface area contributed by atoms with Crippen molar-refractivity contribution in [1.82, 2.24) is 0 Å². The Morgan fingerprint density at radius 1 is 1.18 bits per heavy atom. The molecule has 1 aliphatic heterocycles. The van der Waals surface area contributed by atoms with Gasteiger partial charge in [-0.05, 0) is 26.2 Å². The fourth-order valence-corrected chi connectivity index (χ4v) is 2.41. The van der Waals surface area contributed by atoms with E-state index >= 15 is 0 Å². The fourth-order valence-electron chi connectivity index (χ4n) is 2.41. The summed E-state index contributed by atoms with van der Waals surface area (Å²) in [6.07, 6.45) is 3.25. The Bertz CT molecular complexity index is 200. The number of rotatable bonds is 0. The maximum absolute atomic E-state index is 10.0. The lowest BCUT2D eigenvalue weighted by molar-refractivity contribution is -0.0740. The predicted molar refractivity (Wildman–Crippen MR) is 42.1 cm³/mol. The highest BCUT2D eigenvalue weighted by Gasteiger charge is 2.74. The minimum absolute atomic E-state index is 0.0556. The van der Waals surface area contributed by atoms with Crippen molar-refractivity contribution in [3.05, 3.63) is 0 Å². The monoisotopic (exact) mass is 156 g/mol. The van der Waals surface area contributed by atoms with Gasteiger partial charge in [0.25, 0.3) is 0 Å². The molecule has 0 radical (unpaired) electrons. The lowest BCUT2D eigenvalue weighted by atomic mass is 9.70. The standard InChI is InChI=1S/C9H16O2/c1-7(2)5-4-6-8(3)9(7,10)11-8/h10H,4-6H2,1-3H3. The molecule has 2 fully saturated rings. The minimum Gasteiger partial charge on any atom is -0.363 e. The molecule has 2 unspecified atom stereocenters. The Labute approximate surface area is 67.6 Å². The first kappa shape index (κ1) is 7.56. The minimum atomic E-state index is -0.821. The summed E-state index contributed by atoms with van der Waals surface area (Å²) in [5.74, 6) is -0.821.